The maximum Gasteiger partial charge on any atom is 0.315 e. The second-order valence-corrected chi connectivity index (χ2v) is 6.75. The number of benzene rings is 1. The van der Waals surface area contributed by atoms with Gasteiger partial charge in [0.15, 0.2) is 0 Å². The average Bonchev–Trinajstić information content (AvgIpc) is 2.55. The summed E-state index contributed by atoms with van der Waals surface area (Å²) in [6.45, 7) is 4.23. The molecule has 1 fully saturated rings. The Kier molecular flexibility index (Phi) is 6.91. The first-order valence-electron chi connectivity index (χ1n) is 8.56. The molecule has 0 unspecified atom stereocenters. The fourth-order valence-corrected chi connectivity index (χ4v) is 3.16. The van der Waals surface area contributed by atoms with Crippen molar-refractivity contribution in [3.63, 3.8) is 0 Å². The highest BCUT2D eigenvalue weighted by atomic mass is 35.5. The van der Waals surface area contributed by atoms with Crippen molar-refractivity contribution in [2.45, 2.75) is 52.0 Å². The van der Waals surface area contributed by atoms with E-state index in [1.807, 2.05) is 19.1 Å². The van der Waals surface area contributed by atoms with Crippen LogP contribution >= 0.6 is 11.6 Å². The van der Waals surface area contributed by atoms with E-state index in [-0.39, 0.29) is 18.0 Å². The second kappa shape index (κ2) is 8.92. The molecule has 1 saturated carbocycles. The number of nitrogens with zero attached hydrogens (tertiary/aromatic N) is 1. The molecule has 0 heterocycles. The molecule has 2 rings (SSSR count). The van der Waals surface area contributed by atoms with Crippen LogP contribution in [0.15, 0.2) is 18.2 Å². The first kappa shape index (κ1) is 18.6. The molecular weight excluding hydrogens is 326 g/mol. The molecule has 1 aromatic rings. The topological polar surface area (TPSA) is 61.4 Å². The van der Waals surface area contributed by atoms with Crippen LogP contribution in [0.3, 0.4) is 0 Å². The van der Waals surface area contributed by atoms with E-state index in [9.17, 15) is 9.59 Å². The Hall–Kier alpha value is -1.75. The third-order valence-electron chi connectivity index (χ3n) is 4.41. The van der Waals surface area contributed by atoms with Crippen molar-refractivity contribution in [2.24, 2.45) is 0 Å². The molecule has 0 saturated heterocycles. The van der Waals surface area contributed by atoms with Gasteiger partial charge in [-0.05, 0) is 37.5 Å². The summed E-state index contributed by atoms with van der Waals surface area (Å²) < 4.78 is 0. The zero-order valence-corrected chi connectivity index (χ0v) is 15.2. The van der Waals surface area contributed by atoms with Crippen LogP contribution in [-0.4, -0.2) is 31.1 Å². The van der Waals surface area contributed by atoms with Crippen LogP contribution in [0, 0.1) is 6.92 Å². The highest BCUT2D eigenvalue weighted by Gasteiger charge is 2.16. The number of urea groups is 1. The Morgan fingerprint density at radius 1 is 1.25 bits per heavy atom. The van der Waals surface area contributed by atoms with Crippen LogP contribution < -0.4 is 15.5 Å². The molecule has 2 N–H and O–H groups in total. The maximum atomic E-state index is 12.0. The predicted molar refractivity (Wildman–Crippen MR) is 97.6 cm³/mol. The minimum atomic E-state index is -0.160. The highest BCUT2D eigenvalue weighted by molar-refractivity contribution is 6.31. The van der Waals surface area contributed by atoms with E-state index in [0.29, 0.717) is 18.1 Å². The molecule has 6 heteroatoms. The van der Waals surface area contributed by atoms with Gasteiger partial charge in [-0.3, -0.25) is 4.79 Å². The van der Waals surface area contributed by atoms with Gasteiger partial charge < -0.3 is 15.5 Å². The Labute approximate surface area is 148 Å². The van der Waals surface area contributed by atoms with Crippen LogP contribution in [0.5, 0.6) is 0 Å². The molecule has 3 amide bonds. The minimum Gasteiger partial charge on any atom is -0.336 e. The number of nitrogens with one attached hydrogen (secondary N) is 2. The lowest BCUT2D eigenvalue weighted by molar-refractivity contribution is -0.116. The molecule has 24 heavy (non-hydrogen) atoms. The van der Waals surface area contributed by atoms with Gasteiger partial charge >= 0.3 is 6.03 Å². The molecule has 5 nitrogen and oxygen atoms in total. The molecule has 0 aromatic heterocycles. The summed E-state index contributed by atoms with van der Waals surface area (Å²) in [6, 6.07) is 5.65. The number of rotatable bonds is 5. The van der Waals surface area contributed by atoms with E-state index in [4.69, 9.17) is 11.6 Å². The van der Waals surface area contributed by atoms with Crippen LogP contribution in [0.2, 0.25) is 5.02 Å². The molecule has 132 valence electrons. The summed E-state index contributed by atoms with van der Waals surface area (Å²) in [5.74, 6) is -0.0793. The summed E-state index contributed by atoms with van der Waals surface area (Å²) in [6.07, 6.45) is 5.71. The van der Waals surface area contributed by atoms with E-state index < -0.39 is 0 Å². The van der Waals surface area contributed by atoms with Gasteiger partial charge in [-0.15, -0.1) is 0 Å². The van der Waals surface area contributed by atoms with Crippen LogP contribution in [-0.2, 0) is 4.79 Å². The average molecular weight is 352 g/mol. The summed E-state index contributed by atoms with van der Waals surface area (Å²) in [5, 5.41) is 6.46. The van der Waals surface area contributed by atoms with Crippen LogP contribution in [0.1, 0.15) is 44.6 Å². The SMILES string of the molecule is CC(=O)N(CCNC(=O)NC1CCCCC1)c1ccc(C)c(Cl)c1. The van der Waals surface area contributed by atoms with Crippen molar-refractivity contribution in [3.8, 4) is 0 Å². The third-order valence-corrected chi connectivity index (χ3v) is 4.82. The Balaban J connectivity index is 1.84. The summed E-state index contributed by atoms with van der Waals surface area (Å²) in [4.78, 5) is 25.5. The van der Waals surface area contributed by atoms with Crippen molar-refractivity contribution in [2.75, 3.05) is 18.0 Å². The highest BCUT2D eigenvalue weighted by Crippen LogP contribution is 2.23. The van der Waals surface area contributed by atoms with Crippen molar-refractivity contribution in [3.05, 3.63) is 28.8 Å². The minimum absolute atomic E-state index is 0.0793. The second-order valence-electron chi connectivity index (χ2n) is 6.34. The number of hydrogen-bond acceptors (Lipinski definition) is 2. The Morgan fingerprint density at radius 3 is 2.58 bits per heavy atom. The number of carbonyl (C=O) groups excluding carboxylic acids is 2. The van der Waals surface area contributed by atoms with E-state index in [1.54, 1.807) is 11.0 Å². The lowest BCUT2D eigenvalue weighted by atomic mass is 9.96. The van der Waals surface area contributed by atoms with Gasteiger partial charge in [-0.1, -0.05) is 36.9 Å². The van der Waals surface area contributed by atoms with Gasteiger partial charge in [0.25, 0.3) is 0 Å². The van der Waals surface area contributed by atoms with Crippen molar-refractivity contribution in [1.29, 1.82) is 0 Å². The molecule has 0 atom stereocenters. The third kappa shape index (κ3) is 5.41. The molecule has 1 aliphatic carbocycles. The van der Waals surface area contributed by atoms with Gasteiger partial charge in [0.2, 0.25) is 5.91 Å². The molecule has 0 aliphatic heterocycles. The molecule has 0 radical (unpaired) electrons. The summed E-state index contributed by atoms with van der Waals surface area (Å²) in [7, 11) is 0. The normalized spacial score (nSPS) is 15.0. The standard InChI is InChI=1S/C18H26ClN3O2/c1-13-8-9-16(12-17(13)19)22(14(2)23)11-10-20-18(24)21-15-6-4-3-5-7-15/h8-9,12,15H,3-7,10-11H2,1-2H3,(H2,20,21,24). The number of anilines is 1. The number of aryl methyl sites for hydroxylation is 1. The fraction of sp³-hybridized carbons (Fsp3) is 0.556. The zero-order valence-electron chi connectivity index (χ0n) is 14.4. The molecule has 1 aliphatic rings. The Morgan fingerprint density at radius 2 is 1.96 bits per heavy atom. The summed E-state index contributed by atoms with van der Waals surface area (Å²) >= 11 is 6.14. The van der Waals surface area contributed by atoms with E-state index in [0.717, 1.165) is 24.1 Å². The van der Waals surface area contributed by atoms with Crippen molar-refractivity contribution >= 4 is 29.2 Å². The van der Waals surface area contributed by atoms with Gasteiger partial charge in [-0.25, -0.2) is 4.79 Å². The molecule has 1 aromatic carbocycles. The van der Waals surface area contributed by atoms with Crippen LogP contribution in [0.4, 0.5) is 10.5 Å². The molecule has 0 bridgehead atoms. The smallest absolute Gasteiger partial charge is 0.315 e. The Bertz CT molecular complexity index is 586. The first-order valence-corrected chi connectivity index (χ1v) is 8.94. The lowest BCUT2D eigenvalue weighted by Crippen LogP contribution is -2.45. The van der Waals surface area contributed by atoms with E-state index in [1.165, 1.54) is 26.2 Å². The fourth-order valence-electron chi connectivity index (χ4n) is 2.98. The lowest BCUT2D eigenvalue weighted by Gasteiger charge is -2.24. The van der Waals surface area contributed by atoms with Crippen molar-refractivity contribution < 1.29 is 9.59 Å². The maximum absolute atomic E-state index is 12.0. The number of hydrogen-bond donors (Lipinski definition) is 2. The van der Waals surface area contributed by atoms with Crippen LogP contribution in [0.25, 0.3) is 0 Å². The number of carbonyl (C=O) groups is 2. The zero-order chi connectivity index (χ0) is 17.5. The van der Waals surface area contributed by atoms with Gasteiger partial charge in [0, 0.05) is 36.8 Å². The summed E-state index contributed by atoms with van der Waals surface area (Å²) in [5.41, 5.74) is 1.71. The number of halogens is 1. The van der Waals surface area contributed by atoms with E-state index >= 15 is 0 Å². The van der Waals surface area contributed by atoms with Gasteiger partial charge in [0.05, 0.1) is 0 Å². The molecular formula is C18H26ClN3O2. The largest absolute Gasteiger partial charge is 0.336 e. The van der Waals surface area contributed by atoms with Gasteiger partial charge in [0.1, 0.15) is 0 Å². The predicted octanol–water partition coefficient (Wildman–Crippen LogP) is 3.63. The van der Waals surface area contributed by atoms with Crippen molar-refractivity contribution in [1.82, 2.24) is 10.6 Å². The quantitative estimate of drug-likeness (QED) is 0.850. The number of amides is 3. The molecule has 0 spiro atoms. The first-order chi connectivity index (χ1) is 11.5. The van der Waals surface area contributed by atoms with E-state index in [2.05, 4.69) is 10.6 Å². The monoisotopic (exact) mass is 351 g/mol. The van der Waals surface area contributed by atoms with Gasteiger partial charge in [-0.2, -0.15) is 0 Å².